The Morgan fingerprint density at radius 1 is 1.03 bits per heavy atom. The second-order valence-corrected chi connectivity index (χ2v) is 7.24. The van der Waals surface area contributed by atoms with Crippen LogP contribution < -0.4 is 10.2 Å². The van der Waals surface area contributed by atoms with Gasteiger partial charge in [0.15, 0.2) is 6.10 Å². The van der Waals surface area contributed by atoms with E-state index >= 15 is 0 Å². The van der Waals surface area contributed by atoms with Gasteiger partial charge in [-0.05, 0) is 44.5 Å². The van der Waals surface area contributed by atoms with Crippen molar-refractivity contribution in [2.24, 2.45) is 0 Å². The van der Waals surface area contributed by atoms with Crippen LogP contribution in [0.3, 0.4) is 0 Å². The molecule has 3 rings (SSSR count). The third-order valence-electron chi connectivity index (χ3n) is 4.92. The van der Waals surface area contributed by atoms with Gasteiger partial charge in [0.25, 0.3) is 5.91 Å². The maximum atomic E-state index is 12.3. The Hall–Kier alpha value is -3.48. The lowest BCUT2D eigenvalue weighted by Crippen LogP contribution is -2.34. The number of ketones is 1. The summed E-state index contributed by atoms with van der Waals surface area (Å²) in [7, 11) is 0. The number of ether oxygens (including phenoxy) is 1. The van der Waals surface area contributed by atoms with Crippen LogP contribution in [0.5, 0.6) is 0 Å². The fourth-order valence-corrected chi connectivity index (χ4v) is 3.21. The summed E-state index contributed by atoms with van der Waals surface area (Å²) >= 11 is 0. The molecule has 0 spiro atoms. The summed E-state index contributed by atoms with van der Waals surface area (Å²) in [6.07, 6.45) is 0.415. The Bertz CT molecular complexity index is 951. The predicted molar refractivity (Wildman–Crippen MR) is 111 cm³/mol. The third kappa shape index (κ3) is 5.11. The normalized spacial score (nSPS) is 14.3. The van der Waals surface area contributed by atoms with Crippen molar-refractivity contribution in [3.63, 3.8) is 0 Å². The Balaban J connectivity index is 1.49. The molecule has 0 saturated carbocycles. The molecule has 0 aliphatic carbocycles. The van der Waals surface area contributed by atoms with Gasteiger partial charge >= 0.3 is 5.97 Å². The summed E-state index contributed by atoms with van der Waals surface area (Å²) < 4.78 is 5.13. The van der Waals surface area contributed by atoms with Gasteiger partial charge in [0.1, 0.15) is 6.54 Å². The maximum absolute atomic E-state index is 12.3. The Morgan fingerprint density at radius 3 is 2.27 bits per heavy atom. The number of rotatable bonds is 7. The average Bonchev–Trinajstić information content (AvgIpc) is 3.18. The van der Waals surface area contributed by atoms with Gasteiger partial charge in [-0.3, -0.25) is 19.2 Å². The van der Waals surface area contributed by atoms with E-state index in [1.54, 1.807) is 41.3 Å². The molecule has 1 aliphatic rings. The maximum Gasteiger partial charge on any atom is 0.326 e. The van der Waals surface area contributed by atoms with E-state index < -0.39 is 18.0 Å². The lowest BCUT2D eigenvalue weighted by molar-refractivity contribution is -0.145. The lowest BCUT2D eigenvalue weighted by atomic mass is 10.1. The lowest BCUT2D eigenvalue weighted by Gasteiger charge is -2.16. The zero-order valence-electron chi connectivity index (χ0n) is 17.0. The highest BCUT2D eigenvalue weighted by Crippen LogP contribution is 2.21. The molecule has 1 fully saturated rings. The molecule has 2 aromatic carbocycles. The second-order valence-electron chi connectivity index (χ2n) is 7.24. The number of carbonyl (C=O) groups excluding carboxylic acids is 4. The van der Waals surface area contributed by atoms with E-state index in [1.807, 2.05) is 19.1 Å². The molecule has 7 nitrogen and oxygen atoms in total. The molecule has 7 heteroatoms. The first-order valence-electron chi connectivity index (χ1n) is 9.84. The van der Waals surface area contributed by atoms with E-state index in [1.165, 1.54) is 6.92 Å². The van der Waals surface area contributed by atoms with Gasteiger partial charge in [0.2, 0.25) is 11.7 Å². The zero-order valence-corrected chi connectivity index (χ0v) is 17.0. The van der Waals surface area contributed by atoms with Gasteiger partial charge < -0.3 is 15.0 Å². The minimum Gasteiger partial charge on any atom is -0.453 e. The third-order valence-corrected chi connectivity index (χ3v) is 4.92. The summed E-state index contributed by atoms with van der Waals surface area (Å²) in [4.78, 5) is 50.1. The highest BCUT2D eigenvalue weighted by molar-refractivity contribution is 6.01. The van der Waals surface area contributed by atoms with E-state index in [0.29, 0.717) is 24.1 Å². The number of nitrogens with zero attached hydrogens (tertiary/aromatic N) is 1. The second kappa shape index (κ2) is 9.35. The molecule has 0 aromatic heterocycles. The zero-order chi connectivity index (χ0) is 21.7. The van der Waals surface area contributed by atoms with E-state index in [-0.39, 0.29) is 18.2 Å². The van der Waals surface area contributed by atoms with Crippen LogP contribution in [0.1, 0.15) is 46.0 Å². The number of Topliss-reactive ketones (excluding diaryl/α,β-unsaturated/α-hetero) is 1. The molecule has 1 N–H and O–H groups in total. The number of aryl methyl sites for hydroxylation is 1. The summed E-state index contributed by atoms with van der Waals surface area (Å²) in [5.41, 5.74) is 2.60. The van der Waals surface area contributed by atoms with Crippen molar-refractivity contribution < 1.29 is 23.9 Å². The first kappa shape index (κ1) is 21.2. The van der Waals surface area contributed by atoms with E-state index in [0.717, 1.165) is 17.7 Å². The van der Waals surface area contributed by atoms with E-state index in [9.17, 15) is 19.2 Å². The molecule has 2 aromatic rings. The molecule has 1 saturated heterocycles. The van der Waals surface area contributed by atoms with Gasteiger partial charge in [-0.2, -0.15) is 0 Å². The van der Waals surface area contributed by atoms with Crippen LogP contribution in [0.25, 0.3) is 0 Å². The number of hydrogen-bond acceptors (Lipinski definition) is 5. The van der Waals surface area contributed by atoms with Crippen molar-refractivity contribution in [2.75, 3.05) is 18.0 Å². The monoisotopic (exact) mass is 408 g/mol. The highest BCUT2D eigenvalue weighted by atomic mass is 16.5. The molecule has 2 amide bonds. The fourth-order valence-electron chi connectivity index (χ4n) is 3.21. The Morgan fingerprint density at radius 2 is 1.67 bits per heavy atom. The molecule has 0 radical (unpaired) electrons. The SMILES string of the molecule is Cc1ccc(C(=O)[C@@H](C)OC(=O)CNC(=O)c2ccc(N3CCCC3=O)cc2)cc1. The van der Waals surface area contributed by atoms with E-state index in [4.69, 9.17) is 4.74 Å². The summed E-state index contributed by atoms with van der Waals surface area (Å²) in [5.74, 6) is -1.37. The molecule has 1 atom stereocenters. The highest BCUT2D eigenvalue weighted by Gasteiger charge is 2.22. The summed E-state index contributed by atoms with van der Waals surface area (Å²) in [6.45, 7) is 3.74. The smallest absolute Gasteiger partial charge is 0.326 e. The quantitative estimate of drug-likeness (QED) is 0.562. The number of nitrogens with one attached hydrogen (secondary N) is 1. The van der Waals surface area contributed by atoms with Crippen LogP contribution in [-0.4, -0.2) is 42.8 Å². The summed E-state index contributed by atoms with van der Waals surface area (Å²) in [6, 6.07) is 13.6. The number of hydrogen-bond donors (Lipinski definition) is 1. The van der Waals surface area contributed by atoms with Crippen LogP contribution in [0.4, 0.5) is 5.69 Å². The first-order chi connectivity index (χ1) is 14.3. The van der Waals surface area contributed by atoms with Gasteiger partial charge in [0, 0.05) is 29.8 Å². The number of anilines is 1. The van der Waals surface area contributed by atoms with Crippen LogP contribution in [-0.2, 0) is 14.3 Å². The fraction of sp³-hybridized carbons (Fsp3) is 0.304. The van der Waals surface area contributed by atoms with Crippen LogP contribution >= 0.6 is 0 Å². The number of carbonyl (C=O) groups is 4. The molecule has 1 heterocycles. The number of amides is 2. The van der Waals surface area contributed by atoms with Crippen molar-refractivity contribution >= 4 is 29.3 Å². The standard InChI is InChI=1S/C23H24N2O5/c1-15-5-7-17(8-6-15)22(28)16(2)30-21(27)14-24-23(29)18-9-11-19(12-10-18)25-13-3-4-20(25)26/h5-12,16H,3-4,13-14H2,1-2H3,(H,24,29)/t16-/m1/s1. The molecule has 0 unspecified atom stereocenters. The van der Waals surface area contributed by atoms with Crippen molar-refractivity contribution in [2.45, 2.75) is 32.8 Å². The van der Waals surface area contributed by atoms with Gasteiger partial charge in [-0.15, -0.1) is 0 Å². The van der Waals surface area contributed by atoms with Crippen molar-refractivity contribution in [3.05, 3.63) is 65.2 Å². The van der Waals surface area contributed by atoms with Gasteiger partial charge in [-0.1, -0.05) is 29.8 Å². The van der Waals surface area contributed by atoms with Crippen molar-refractivity contribution in [1.29, 1.82) is 0 Å². The Labute approximate surface area is 175 Å². The van der Waals surface area contributed by atoms with Crippen LogP contribution in [0.15, 0.2) is 48.5 Å². The minimum atomic E-state index is -0.950. The van der Waals surface area contributed by atoms with Crippen molar-refractivity contribution in [3.8, 4) is 0 Å². The molecular weight excluding hydrogens is 384 g/mol. The number of benzene rings is 2. The summed E-state index contributed by atoms with van der Waals surface area (Å²) in [5, 5.41) is 2.48. The van der Waals surface area contributed by atoms with E-state index in [2.05, 4.69) is 5.32 Å². The largest absolute Gasteiger partial charge is 0.453 e. The van der Waals surface area contributed by atoms with Crippen molar-refractivity contribution in [1.82, 2.24) is 5.32 Å². The topological polar surface area (TPSA) is 92.8 Å². The molecule has 1 aliphatic heterocycles. The Kier molecular flexibility index (Phi) is 6.61. The van der Waals surface area contributed by atoms with Crippen LogP contribution in [0.2, 0.25) is 0 Å². The molecule has 30 heavy (non-hydrogen) atoms. The van der Waals surface area contributed by atoms with Crippen LogP contribution in [0, 0.1) is 6.92 Å². The molecular formula is C23H24N2O5. The molecule has 0 bridgehead atoms. The average molecular weight is 408 g/mol. The first-order valence-corrected chi connectivity index (χ1v) is 9.84. The minimum absolute atomic E-state index is 0.0734. The van der Waals surface area contributed by atoms with Gasteiger partial charge in [-0.25, -0.2) is 0 Å². The number of esters is 1. The predicted octanol–water partition coefficient (Wildman–Crippen LogP) is 2.67. The molecule has 156 valence electrons. The van der Waals surface area contributed by atoms with Gasteiger partial charge in [0.05, 0.1) is 0 Å².